The van der Waals surface area contributed by atoms with Crippen LogP contribution in [0.25, 0.3) is 0 Å². The highest BCUT2D eigenvalue weighted by atomic mass is 79.9. The Kier molecular flexibility index (Phi) is 7.61. The third kappa shape index (κ3) is 5.88. The highest BCUT2D eigenvalue weighted by Gasteiger charge is 2.34. The quantitative estimate of drug-likeness (QED) is 0.567. The van der Waals surface area contributed by atoms with Crippen LogP contribution in [0.2, 0.25) is 0 Å². The molecule has 9 heteroatoms. The summed E-state index contributed by atoms with van der Waals surface area (Å²) in [6, 6.07) is 15.4. The van der Waals surface area contributed by atoms with Gasteiger partial charge in [-0.05, 0) is 54.8 Å². The van der Waals surface area contributed by atoms with Crippen LogP contribution in [-0.4, -0.2) is 69.9 Å². The number of piperidine rings is 1. The molecule has 0 bridgehead atoms. The molecule has 0 unspecified atom stereocenters. The molecule has 0 aromatic heterocycles. The van der Waals surface area contributed by atoms with Gasteiger partial charge < -0.3 is 14.5 Å². The van der Waals surface area contributed by atoms with Crippen LogP contribution in [-0.2, 0) is 20.6 Å². The van der Waals surface area contributed by atoms with E-state index in [4.69, 9.17) is 4.74 Å². The van der Waals surface area contributed by atoms with Crippen LogP contribution in [0, 0.1) is 5.92 Å². The smallest absolute Gasteiger partial charge is 0.225 e. The minimum atomic E-state index is -3.40. The Morgan fingerprint density at radius 2 is 1.67 bits per heavy atom. The summed E-state index contributed by atoms with van der Waals surface area (Å²) in [4.78, 5) is 17.3. The van der Waals surface area contributed by atoms with Gasteiger partial charge in [0.1, 0.15) is 5.75 Å². The van der Waals surface area contributed by atoms with E-state index in [1.807, 2.05) is 53.4 Å². The summed E-state index contributed by atoms with van der Waals surface area (Å²) in [7, 11) is -1.74. The molecule has 178 valence electrons. The number of hydrogen-bond donors (Lipinski definition) is 0. The first-order valence-electron chi connectivity index (χ1n) is 11.3. The van der Waals surface area contributed by atoms with Gasteiger partial charge in [0.05, 0.1) is 12.9 Å². The summed E-state index contributed by atoms with van der Waals surface area (Å²) in [5.41, 5.74) is 1.89. The number of carbonyl (C=O) groups is 1. The van der Waals surface area contributed by atoms with Crippen molar-refractivity contribution in [3.63, 3.8) is 0 Å². The Morgan fingerprint density at radius 1 is 1.00 bits per heavy atom. The molecule has 0 aliphatic carbocycles. The third-order valence-corrected chi connectivity index (χ3v) is 8.81. The minimum absolute atomic E-state index is 0.0155. The minimum Gasteiger partial charge on any atom is -0.497 e. The van der Waals surface area contributed by atoms with Crippen LogP contribution in [0.4, 0.5) is 5.69 Å². The number of rotatable bonds is 6. The van der Waals surface area contributed by atoms with Crippen molar-refractivity contribution in [3.8, 4) is 5.75 Å². The number of halogens is 1. The zero-order valence-electron chi connectivity index (χ0n) is 18.8. The maximum Gasteiger partial charge on any atom is 0.225 e. The lowest BCUT2D eigenvalue weighted by molar-refractivity contribution is -0.137. The van der Waals surface area contributed by atoms with Gasteiger partial charge in [0.2, 0.25) is 15.9 Å². The number of benzene rings is 2. The molecule has 33 heavy (non-hydrogen) atoms. The van der Waals surface area contributed by atoms with Gasteiger partial charge in [0.25, 0.3) is 0 Å². The first-order chi connectivity index (χ1) is 15.9. The molecule has 0 radical (unpaired) electrons. The topological polar surface area (TPSA) is 70.2 Å². The normalized spacial score (nSPS) is 18.4. The first-order valence-corrected chi connectivity index (χ1v) is 13.7. The van der Waals surface area contributed by atoms with Crippen LogP contribution in [0.1, 0.15) is 18.4 Å². The van der Waals surface area contributed by atoms with Crippen molar-refractivity contribution in [3.05, 3.63) is 58.6 Å². The van der Waals surface area contributed by atoms with E-state index in [0.717, 1.165) is 34.6 Å². The maximum absolute atomic E-state index is 13.1. The van der Waals surface area contributed by atoms with E-state index in [1.165, 1.54) is 0 Å². The van der Waals surface area contributed by atoms with Crippen molar-refractivity contribution >= 4 is 37.5 Å². The second kappa shape index (κ2) is 10.4. The Labute approximate surface area is 204 Å². The number of methoxy groups -OCH3 is 1. The number of amides is 1. The summed E-state index contributed by atoms with van der Waals surface area (Å²) < 4.78 is 33.3. The molecule has 2 aliphatic heterocycles. The van der Waals surface area contributed by atoms with E-state index >= 15 is 0 Å². The molecule has 7 nitrogen and oxygen atoms in total. The van der Waals surface area contributed by atoms with E-state index in [1.54, 1.807) is 11.4 Å². The monoisotopic (exact) mass is 535 g/mol. The molecule has 1 amide bonds. The van der Waals surface area contributed by atoms with Gasteiger partial charge in [-0.1, -0.05) is 28.1 Å². The van der Waals surface area contributed by atoms with E-state index in [9.17, 15) is 13.2 Å². The second-order valence-corrected chi connectivity index (χ2v) is 11.5. The van der Waals surface area contributed by atoms with Gasteiger partial charge in [0, 0.05) is 55.3 Å². The molecule has 0 N–H and O–H groups in total. The third-order valence-electron chi connectivity index (χ3n) is 6.46. The summed E-state index contributed by atoms with van der Waals surface area (Å²) in [5, 5.41) is 0. The van der Waals surface area contributed by atoms with Gasteiger partial charge in [-0.15, -0.1) is 0 Å². The molecule has 0 atom stereocenters. The number of carbonyl (C=O) groups excluding carboxylic acids is 1. The zero-order chi connectivity index (χ0) is 23.4. The van der Waals surface area contributed by atoms with Crippen molar-refractivity contribution in [1.82, 2.24) is 9.21 Å². The second-order valence-electron chi connectivity index (χ2n) is 8.57. The Morgan fingerprint density at radius 3 is 2.27 bits per heavy atom. The lowest BCUT2D eigenvalue weighted by atomic mass is 9.96. The first kappa shape index (κ1) is 24.0. The van der Waals surface area contributed by atoms with Crippen molar-refractivity contribution in [2.24, 2.45) is 5.92 Å². The Hall–Kier alpha value is -2.10. The molecule has 2 saturated heterocycles. The van der Waals surface area contributed by atoms with Crippen LogP contribution in [0.15, 0.2) is 53.0 Å². The summed E-state index contributed by atoms with van der Waals surface area (Å²) in [6.07, 6.45) is 1.16. The van der Waals surface area contributed by atoms with Crippen molar-refractivity contribution < 1.29 is 17.9 Å². The van der Waals surface area contributed by atoms with Crippen LogP contribution >= 0.6 is 15.9 Å². The molecule has 0 saturated carbocycles. The summed E-state index contributed by atoms with van der Waals surface area (Å²) >= 11 is 3.39. The fourth-order valence-corrected chi connectivity index (χ4v) is 6.54. The zero-order valence-corrected chi connectivity index (χ0v) is 21.2. The highest BCUT2D eigenvalue weighted by Crippen LogP contribution is 2.26. The molecule has 2 aromatic carbocycles. The number of anilines is 1. The SMILES string of the molecule is COc1ccc(N2CCN(C(=O)C3CCN(S(=O)(=O)Cc4cccc(Br)c4)CC3)CC2)cc1. The fraction of sp³-hybridized carbons (Fsp3) is 0.458. The predicted octanol–water partition coefficient (Wildman–Crippen LogP) is 3.35. The Bertz CT molecular complexity index is 1060. The van der Waals surface area contributed by atoms with Gasteiger partial charge in [0.15, 0.2) is 0 Å². The van der Waals surface area contributed by atoms with Crippen LogP contribution in [0.3, 0.4) is 0 Å². The highest BCUT2D eigenvalue weighted by molar-refractivity contribution is 9.10. The lowest BCUT2D eigenvalue weighted by Crippen LogP contribution is -2.52. The molecular weight excluding hydrogens is 506 g/mol. The number of hydrogen-bond acceptors (Lipinski definition) is 5. The number of piperazine rings is 1. The van der Waals surface area contributed by atoms with Gasteiger partial charge >= 0.3 is 0 Å². The molecule has 4 rings (SSSR count). The van der Waals surface area contributed by atoms with E-state index in [-0.39, 0.29) is 17.6 Å². The molecule has 2 heterocycles. The molecule has 2 aliphatic rings. The van der Waals surface area contributed by atoms with E-state index in [0.29, 0.717) is 39.0 Å². The number of ether oxygens (including phenoxy) is 1. The average molecular weight is 536 g/mol. The Balaban J connectivity index is 1.27. The van der Waals surface area contributed by atoms with Crippen molar-refractivity contribution in [2.75, 3.05) is 51.3 Å². The average Bonchev–Trinajstić information content (AvgIpc) is 2.83. The van der Waals surface area contributed by atoms with Gasteiger partial charge in [-0.25, -0.2) is 12.7 Å². The lowest BCUT2D eigenvalue weighted by Gasteiger charge is -2.39. The number of sulfonamides is 1. The summed E-state index contributed by atoms with van der Waals surface area (Å²) in [6.45, 7) is 3.76. The predicted molar refractivity (Wildman–Crippen MR) is 133 cm³/mol. The van der Waals surface area contributed by atoms with E-state index < -0.39 is 10.0 Å². The van der Waals surface area contributed by atoms with Crippen molar-refractivity contribution in [1.29, 1.82) is 0 Å². The molecule has 2 aromatic rings. The number of nitrogens with zero attached hydrogens (tertiary/aromatic N) is 3. The maximum atomic E-state index is 13.1. The van der Waals surface area contributed by atoms with E-state index in [2.05, 4.69) is 20.8 Å². The fourth-order valence-electron chi connectivity index (χ4n) is 4.55. The van der Waals surface area contributed by atoms with Crippen LogP contribution in [0.5, 0.6) is 5.75 Å². The summed E-state index contributed by atoms with van der Waals surface area (Å²) in [5.74, 6) is 0.874. The van der Waals surface area contributed by atoms with Crippen LogP contribution < -0.4 is 9.64 Å². The van der Waals surface area contributed by atoms with Gasteiger partial charge in [-0.2, -0.15) is 0 Å². The molecule has 2 fully saturated rings. The van der Waals surface area contributed by atoms with Crippen molar-refractivity contribution in [2.45, 2.75) is 18.6 Å². The molecule has 0 spiro atoms. The standard InChI is InChI=1S/C24H30BrN3O4S/c1-32-23-7-5-22(6-8-23)26-13-15-27(16-14-26)24(29)20-9-11-28(12-10-20)33(30,31)18-19-3-2-4-21(25)17-19/h2-8,17,20H,9-16,18H2,1H3. The largest absolute Gasteiger partial charge is 0.497 e. The van der Waals surface area contributed by atoms with Gasteiger partial charge in [-0.3, -0.25) is 4.79 Å². The molecular formula is C24H30BrN3O4S.